The molecule has 1 aliphatic heterocycles. The van der Waals surface area contributed by atoms with Crippen molar-refractivity contribution in [3.63, 3.8) is 0 Å². The predicted octanol–water partition coefficient (Wildman–Crippen LogP) is 2.84. The van der Waals surface area contributed by atoms with Crippen LogP contribution in [0.3, 0.4) is 0 Å². The maximum atomic E-state index is 3.72. The Balaban J connectivity index is 2.38. The summed E-state index contributed by atoms with van der Waals surface area (Å²) in [6, 6.07) is 1.47. The van der Waals surface area contributed by atoms with Gasteiger partial charge in [-0.2, -0.15) is 11.8 Å². The number of hydrogen-bond acceptors (Lipinski definition) is 3. The first-order chi connectivity index (χ1) is 8.17. The molecule has 1 N–H and O–H groups in total. The van der Waals surface area contributed by atoms with E-state index in [1.54, 1.807) is 0 Å². The Morgan fingerprint density at radius 2 is 2.12 bits per heavy atom. The highest BCUT2D eigenvalue weighted by Gasteiger charge is 2.26. The number of rotatable bonds is 7. The van der Waals surface area contributed by atoms with Crippen molar-refractivity contribution >= 4 is 11.8 Å². The average Bonchev–Trinajstić information content (AvgIpc) is 2.29. The smallest absolute Gasteiger partial charge is 0.0219 e. The molecule has 3 heteroatoms. The Labute approximate surface area is 112 Å². The van der Waals surface area contributed by atoms with E-state index in [9.17, 15) is 0 Å². The molecule has 0 aromatic heterocycles. The summed E-state index contributed by atoms with van der Waals surface area (Å²) in [5.74, 6) is 3.34. The van der Waals surface area contributed by atoms with Crippen molar-refractivity contribution in [1.82, 2.24) is 10.2 Å². The maximum absolute atomic E-state index is 3.72. The molecule has 102 valence electrons. The van der Waals surface area contributed by atoms with Crippen LogP contribution in [-0.4, -0.2) is 48.1 Å². The second kappa shape index (κ2) is 8.39. The van der Waals surface area contributed by atoms with Gasteiger partial charge in [0.05, 0.1) is 0 Å². The first kappa shape index (κ1) is 15.3. The number of nitrogens with zero attached hydrogens (tertiary/aromatic N) is 1. The third-order valence-corrected chi connectivity index (χ3v) is 4.45. The quantitative estimate of drug-likeness (QED) is 0.707. The minimum atomic E-state index is 0.712. The van der Waals surface area contributed by atoms with Crippen molar-refractivity contribution in [2.45, 2.75) is 52.6 Å². The highest BCUT2D eigenvalue weighted by molar-refractivity contribution is 7.99. The third kappa shape index (κ3) is 5.62. The number of hydrogen-bond donors (Lipinski definition) is 1. The summed E-state index contributed by atoms with van der Waals surface area (Å²) in [4.78, 5) is 2.71. The fourth-order valence-corrected chi connectivity index (χ4v) is 3.31. The van der Waals surface area contributed by atoms with Gasteiger partial charge >= 0.3 is 0 Å². The topological polar surface area (TPSA) is 15.3 Å². The van der Waals surface area contributed by atoms with Crippen LogP contribution in [0.15, 0.2) is 0 Å². The molecule has 0 bridgehead atoms. The summed E-state index contributed by atoms with van der Waals surface area (Å²) in [6.45, 7) is 12.9. The molecule has 0 saturated carbocycles. The van der Waals surface area contributed by atoms with Gasteiger partial charge in [-0.1, -0.05) is 27.7 Å². The Hall–Kier alpha value is 0.270. The highest BCUT2D eigenvalue weighted by atomic mass is 32.2. The minimum absolute atomic E-state index is 0.712. The van der Waals surface area contributed by atoms with E-state index in [2.05, 4.69) is 49.7 Å². The van der Waals surface area contributed by atoms with Crippen molar-refractivity contribution in [2.75, 3.05) is 31.1 Å². The fraction of sp³-hybridized carbons (Fsp3) is 1.00. The number of piperazine rings is 1. The van der Waals surface area contributed by atoms with E-state index in [-0.39, 0.29) is 0 Å². The second-order valence-electron chi connectivity index (χ2n) is 5.49. The van der Waals surface area contributed by atoms with Gasteiger partial charge in [-0.15, -0.1) is 0 Å². The van der Waals surface area contributed by atoms with Crippen LogP contribution in [-0.2, 0) is 0 Å². The van der Waals surface area contributed by atoms with Crippen LogP contribution in [0.1, 0.15) is 40.5 Å². The minimum Gasteiger partial charge on any atom is -0.311 e. The van der Waals surface area contributed by atoms with E-state index in [4.69, 9.17) is 0 Å². The third-order valence-electron chi connectivity index (χ3n) is 3.57. The van der Waals surface area contributed by atoms with Crippen molar-refractivity contribution in [3.8, 4) is 0 Å². The molecule has 0 aromatic carbocycles. The molecule has 17 heavy (non-hydrogen) atoms. The van der Waals surface area contributed by atoms with E-state index < -0.39 is 0 Å². The summed E-state index contributed by atoms with van der Waals surface area (Å²) >= 11 is 2.07. The van der Waals surface area contributed by atoms with Gasteiger partial charge in [0.1, 0.15) is 0 Å². The lowest BCUT2D eigenvalue weighted by molar-refractivity contribution is 0.126. The molecule has 2 atom stereocenters. The van der Waals surface area contributed by atoms with Gasteiger partial charge in [0.15, 0.2) is 0 Å². The Morgan fingerprint density at radius 3 is 2.71 bits per heavy atom. The van der Waals surface area contributed by atoms with Gasteiger partial charge < -0.3 is 5.32 Å². The normalized spacial score (nSPS) is 26.6. The lowest BCUT2D eigenvalue weighted by Gasteiger charge is -2.40. The molecule has 0 aliphatic carbocycles. The summed E-state index contributed by atoms with van der Waals surface area (Å²) in [6.07, 6.45) is 2.59. The zero-order valence-electron chi connectivity index (χ0n) is 12.0. The van der Waals surface area contributed by atoms with E-state index in [0.717, 1.165) is 12.0 Å². The van der Waals surface area contributed by atoms with Crippen LogP contribution in [0.5, 0.6) is 0 Å². The van der Waals surface area contributed by atoms with Crippen LogP contribution in [0, 0.1) is 5.92 Å². The average molecular weight is 258 g/mol. The molecule has 1 heterocycles. The SMILES string of the molecule is CCSCCN1CC(CC(C)C)NCC1CC. The first-order valence-electron chi connectivity index (χ1n) is 7.22. The van der Waals surface area contributed by atoms with E-state index in [0.29, 0.717) is 6.04 Å². The van der Waals surface area contributed by atoms with Crippen molar-refractivity contribution in [3.05, 3.63) is 0 Å². The second-order valence-corrected chi connectivity index (χ2v) is 6.88. The van der Waals surface area contributed by atoms with Crippen LogP contribution in [0.25, 0.3) is 0 Å². The maximum Gasteiger partial charge on any atom is 0.0219 e. The van der Waals surface area contributed by atoms with Gasteiger partial charge in [0.25, 0.3) is 0 Å². The van der Waals surface area contributed by atoms with Crippen molar-refractivity contribution in [1.29, 1.82) is 0 Å². The van der Waals surface area contributed by atoms with Gasteiger partial charge in [0, 0.05) is 37.5 Å². The lowest BCUT2D eigenvalue weighted by Crippen LogP contribution is -2.57. The molecule has 0 radical (unpaired) electrons. The summed E-state index contributed by atoms with van der Waals surface area (Å²) in [7, 11) is 0. The zero-order valence-corrected chi connectivity index (χ0v) is 12.9. The van der Waals surface area contributed by atoms with Gasteiger partial charge in [-0.05, 0) is 24.5 Å². The van der Waals surface area contributed by atoms with Crippen LogP contribution in [0.2, 0.25) is 0 Å². The molecule has 2 unspecified atom stereocenters. The van der Waals surface area contributed by atoms with Crippen LogP contribution >= 0.6 is 11.8 Å². The van der Waals surface area contributed by atoms with Crippen LogP contribution < -0.4 is 5.32 Å². The zero-order chi connectivity index (χ0) is 12.7. The number of nitrogens with one attached hydrogen (secondary N) is 1. The standard InChI is InChI=1S/C14H30N2S/c1-5-14-10-15-13(9-12(3)4)11-16(14)7-8-17-6-2/h12-15H,5-11H2,1-4H3. The molecular formula is C14H30N2S. The van der Waals surface area contributed by atoms with Crippen LogP contribution in [0.4, 0.5) is 0 Å². The fourth-order valence-electron chi connectivity index (χ4n) is 2.66. The molecule has 2 nitrogen and oxygen atoms in total. The first-order valence-corrected chi connectivity index (χ1v) is 8.38. The monoisotopic (exact) mass is 258 g/mol. The van der Waals surface area contributed by atoms with Crippen molar-refractivity contribution in [2.24, 2.45) is 5.92 Å². The van der Waals surface area contributed by atoms with Gasteiger partial charge in [-0.25, -0.2) is 0 Å². The van der Waals surface area contributed by atoms with E-state index in [1.165, 1.54) is 44.0 Å². The largest absolute Gasteiger partial charge is 0.311 e. The Morgan fingerprint density at radius 1 is 1.35 bits per heavy atom. The Bertz CT molecular complexity index is 197. The Kier molecular flexibility index (Phi) is 7.56. The molecule has 1 aliphatic rings. The lowest BCUT2D eigenvalue weighted by atomic mass is 9.99. The van der Waals surface area contributed by atoms with E-state index in [1.807, 2.05) is 0 Å². The summed E-state index contributed by atoms with van der Waals surface area (Å²) in [5, 5.41) is 3.72. The molecule has 1 rings (SSSR count). The molecule has 1 saturated heterocycles. The molecule has 0 aromatic rings. The molecule has 0 amide bonds. The highest BCUT2D eigenvalue weighted by Crippen LogP contribution is 2.15. The summed E-state index contributed by atoms with van der Waals surface area (Å²) < 4.78 is 0. The molecular weight excluding hydrogens is 228 g/mol. The molecule has 0 spiro atoms. The van der Waals surface area contributed by atoms with E-state index >= 15 is 0 Å². The predicted molar refractivity (Wildman–Crippen MR) is 79.9 cm³/mol. The van der Waals surface area contributed by atoms with Crippen molar-refractivity contribution < 1.29 is 0 Å². The van der Waals surface area contributed by atoms with Gasteiger partial charge in [0.2, 0.25) is 0 Å². The molecule has 1 fully saturated rings. The number of thioether (sulfide) groups is 1. The summed E-state index contributed by atoms with van der Waals surface area (Å²) in [5.41, 5.74) is 0. The van der Waals surface area contributed by atoms with Gasteiger partial charge in [-0.3, -0.25) is 4.90 Å².